The third-order valence-electron chi connectivity index (χ3n) is 10.2. The summed E-state index contributed by atoms with van der Waals surface area (Å²) in [5, 5.41) is 27.6. The summed E-state index contributed by atoms with van der Waals surface area (Å²) in [6.45, 7) is 7.77. The van der Waals surface area contributed by atoms with E-state index in [1.54, 1.807) is 12.1 Å². The number of cyclic esters (lactones) is 1. The number of ether oxygens (including phenoxy) is 1. The molecule has 2 aliphatic rings. The third-order valence-corrected chi connectivity index (χ3v) is 10.7. The van der Waals surface area contributed by atoms with Crippen molar-refractivity contribution in [2.45, 2.75) is 139 Å². The van der Waals surface area contributed by atoms with Gasteiger partial charge >= 0.3 is 12.1 Å². The first-order chi connectivity index (χ1) is 25.5. The Kier molecular flexibility index (Phi) is 17.6. The van der Waals surface area contributed by atoms with E-state index < -0.39 is 76.8 Å². The molecule has 7 atom stereocenters. The molecule has 1 aromatic carbocycles. The second-order valence-corrected chi connectivity index (χ2v) is 16.2. The first-order valence-electron chi connectivity index (χ1n) is 19.0. The number of aliphatic carboxylic acids is 1. The number of phenols is 1. The maximum Gasteiger partial charge on any atom is 0.408 e. The van der Waals surface area contributed by atoms with Crippen LogP contribution in [0.5, 0.6) is 5.75 Å². The van der Waals surface area contributed by atoms with E-state index >= 15 is 0 Å². The average molecular weight is 799 g/mol. The fourth-order valence-corrected chi connectivity index (χ4v) is 7.24. The van der Waals surface area contributed by atoms with Gasteiger partial charge < -0.3 is 40.7 Å². The van der Waals surface area contributed by atoms with Crippen LogP contribution < -0.4 is 16.0 Å². The highest BCUT2D eigenvalue weighted by Gasteiger charge is 2.44. The molecule has 1 aromatic rings. The minimum Gasteiger partial charge on any atom is -0.508 e. The van der Waals surface area contributed by atoms with E-state index in [4.69, 9.17) is 27.9 Å². The highest BCUT2D eigenvalue weighted by Crippen LogP contribution is 2.25. The number of benzene rings is 1. The van der Waals surface area contributed by atoms with Gasteiger partial charge in [0.05, 0.1) is 6.04 Å². The van der Waals surface area contributed by atoms with Crippen LogP contribution in [0.4, 0.5) is 4.79 Å². The van der Waals surface area contributed by atoms with Gasteiger partial charge in [0.1, 0.15) is 34.8 Å². The molecule has 3 rings (SSSR count). The number of alkyl halides is 2. The zero-order chi connectivity index (χ0) is 40.1. The number of halogens is 2. The zero-order valence-electron chi connectivity index (χ0n) is 31.9. The molecule has 2 aliphatic heterocycles. The van der Waals surface area contributed by atoms with Gasteiger partial charge in [0.15, 0.2) is 0 Å². The number of hydrogen-bond acceptors (Lipinski definition) is 8. The van der Waals surface area contributed by atoms with Crippen LogP contribution in [0.1, 0.15) is 97.5 Å². The lowest BCUT2D eigenvalue weighted by Crippen LogP contribution is -2.60. The lowest BCUT2D eigenvalue weighted by Gasteiger charge is -2.37. The van der Waals surface area contributed by atoms with Crippen LogP contribution in [-0.2, 0) is 35.1 Å². The van der Waals surface area contributed by atoms with Crippen molar-refractivity contribution in [2.75, 3.05) is 13.6 Å². The van der Waals surface area contributed by atoms with Gasteiger partial charge in [0.25, 0.3) is 5.91 Å². The molecular weight excluding hydrogens is 741 g/mol. The number of unbranched alkanes of at least 4 members (excludes halogenated alkanes) is 3. The minimum atomic E-state index is -1.27. The van der Waals surface area contributed by atoms with Crippen LogP contribution >= 0.6 is 23.2 Å². The van der Waals surface area contributed by atoms with E-state index in [1.807, 2.05) is 27.7 Å². The molecule has 0 spiro atoms. The summed E-state index contributed by atoms with van der Waals surface area (Å²) in [5.41, 5.74) is 0.595. The number of amides is 5. The average Bonchev–Trinajstić information content (AvgIpc) is 3.77. The molecule has 0 saturated carbocycles. The van der Waals surface area contributed by atoms with Crippen LogP contribution in [0.2, 0.25) is 0 Å². The molecule has 0 bridgehead atoms. The van der Waals surface area contributed by atoms with Crippen molar-refractivity contribution in [3.63, 3.8) is 0 Å². The molecule has 54 heavy (non-hydrogen) atoms. The first kappa shape index (κ1) is 44.6. The van der Waals surface area contributed by atoms with E-state index in [-0.39, 0.29) is 37.0 Å². The van der Waals surface area contributed by atoms with Gasteiger partial charge in [-0.3, -0.25) is 19.2 Å². The van der Waals surface area contributed by atoms with Gasteiger partial charge in [-0.1, -0.05) is 71.9 Å². The monoisotopic (exact) mass is 797 g/mol. The highest BCUT2D eigenvalue weighted by molar-refractivity contribution is 6.44. The second kappa shape index (κ2) is 21.3. The molecule has 0 aromatic heterocycles. The number of carboxylic acid groups (broad SMARTS) is 1. The number of alkyl carbamates (subject to hydrolysis) is 1. The quantitative estimate of drug-likeness (QED) is 0.0878. The number of likely N-dealkylation sites (tertiary alicyclic amines) is 1. The summed E-state index contributed by atoms with van der Waals surface area (Å²) in [6, 6.07) is 1.19. The summed E-state index contributed by atoms with van der Waals surface area (Å²) < 4.78 is 5.35. The van der Waals surface area contributed by atoms with Gasteiger partial charge in [-0.15, -0.1) is 23.2 Å². The maximum absolute atomic E-state index is 14.3. The van der Waals surface area contributed by atoms with Gasteiger partial charge in [-0.2, -0.15) is 0 Å². The third kappa shape index (κ3) is 12.9. The Morgan fingerprint density at radius 2 is 1.69 bits per heavy atom. The van der Waals surface area contributed by atoms with Crippen LogP contribution in [0.25, 0.3) is 0 Å². The number of rotatable bonds is 21. The smallest absolute Gasteiger partial charge is 0.408 e. The molecule has 0 radical (unpaired) electrons. The number of likely N-dealkylation sites (N-methyl/N-ethyl adjacent to an activating group) is 1. The van der Waals surface area contributed by atoms with Crippen molar-refractivity contribution in [1.82, 2.24) is 25.8 Å². The largest absolute Gasteiger partial charge is 0.508 e. The molecule has 302 valence electrons. The molecular formula is C38H57Cl2N5O9. The van der Waals surface area contributed by atoms with E-state index in [0.717, 1.165) is 25.7 Å². The second-order valence-electron chi connectivity index (χ2n) is 14.9. The van der Waals surface area contributed by atoms with Crippen molar-refractivity contribution < 1.29 is 43.7 Å². The molecule has 2 fully saturated rings. The summed E-state index contributed by atoms with van der Waals surface area (Å²) in [5.74, 6) is -3.75. The summed E-state index contributed by atoms with van der Waals surface area (Å²) in [4.78, 5) is 82.4. The number of carbonyl (C=O) groups is 6. The minimum absolute atomic E-state index is 0.0274. The number of carbonyl (C=O) groups excluding carboxylic acids is 5. The molecule has 16 heteroatoms. The molecule has 5 N–H and O–H groups in total. The highest BCUT2D eigenvalue weighted by atomic mass is 35.5. The van der Waals surface area contributed by atoms with Crippen LogP contribution in [0.3, 0.4) is 0 Å². The fraction of sp³-hybridized carbons (Fsp3) is 0.684. The van der Waals surface area contributed by atoms with E-state index in [9.17, 15) is 39.0 Å². The van der Waals surface area contributed by atoms with Gasteiger partial charge in [-0.05, 0) is 61.6 Å². The number of nitrogens with zero attached hydrogens (tertiary/aromatic N) is 2. The topological polar surface area (TPSA) is 195 Å². The Bertz CT molecular complexity index is 1450. The Balaban J connectivity index is 1.73. The van der Waals surface area contributed by atoms with Crippen molar-refractivity contribution in [1.29, 1.82) is 0 Å². The number of phenolic OH excluding ortho intramolecular Hbond substituents is 1. The number of nitrogens with one attached hydrogen (secondary N) is 3. The molecule has 0 aliphatic carbocycles. The zero-order valence-corrected chi connectivity index (χ0v) is 33.4. The van der Waals surface area contributed by atoms with Crippen molar-refractivity contribution >= 4 is 58.9 Å². The summed E-state index contributed by atoms with van der Waals surface area (Å²) >= 11 is 11.6. The molecule has 5 amide bonds. The van der Waals surface area contributed by atoms with Gasteiger partial charge in [0.2, 0.25) is 23.8 Å². The lowest BCUT2D eigenvalue weighted by atomic mass is 9.94. The Labute approximate surface area is 328 Å². The SMILES string of the molecule is CC[C@H](C)[C@H](NC(=O)[C@@H]1OC(=O)N[C@@H]1CCCCCCC(Cl)Cl)C(=O)N(C)[C@@H](CC(C)C)C(=O)N1CCC[C@H]1C(=O)N[C@@H](Cc1ccc(O)cc1)C(=O)O. The Hall–Kier alpha value is -3.78. The fourth-order valence-electron chi connectivity index (χ4n) is 6.93. The van der Waals surface area contributed by atoms with Crippen molar-refractivity contribution in [2.24, 2.45) is 11.8 Å². The predicted molar refractivity (Wildman–Crippen MR) is 204 cm³/mol. The number of carboxylic acids is 1. The van der Waals surface area contributed by atoms with Crippen molar-refractivity contribution in [3.8, 4) is 5.75 Å². The number of aromatic hydroxyl groups is 1. The predicted octanol–water partition coefficient (Wildman–Crippen LogP) is 4.52. The standard InChI is InChI=1S/C38H57Cl2N5O9/c1-6-23(4)31(43-34(48)32-26(42-38(53)54-32)12-9-7-8-10-14-30(39)40)36(50)44(5)29(20-22(2)3)35(49)45-19-11-13-28(45)33(47)41-27(37(51)52)21-24-15-17-25(46)18-16-24/h15-18,22-23,26-32,46H,6-14,19-21H2,1-5H3,(H,41,47)(H,42,53)(H,43,48)(H,51,52)/t23-,26+,27-,28-,29-,31-,32+/m0/s1. The van der Waals surface area contributed by atoms with Crippen LogP contribution in [0.15, 0.2) is 24.3 Å². The lowest BCUT2D eigenvalue weighted by molar-refractivity contribution is -0.150. The summed E-state index contributed by atoms with van der Waals surface area (Å²) in [6.07, 6.45) is 4.26. The molecule has 2 heterocycles. The molecule has 2 saturated heterocycles. The van der Waals surface area contributed by atoms with Gasteiger partial charge in [0, 0.05) is 20.0 Å². The normalized spacial score (nSPS) is 20.5. The first-order valence-corrected chi connectivity index (χ1v) is 19.8. The maximum atomic E-state index is 14.3. The van der Waals surface area contributed by atoms with Crippen molar-refractivity contribution in [3.05, 3.63) is 29.8 Å². The van der Waals surface area contributed by atoms with E-state index in [1.165, 1.54) is 29.0 Å². The Morgan fingerprint density at radius 1 is 1.02 bits per heavy atom. The van der Waals surface area contributed by atoms with E-state index in [2.05, 4.69) is 16.0 Å². The van der Waals surface area contributed by atoms with Gasteiger partial charge in [-0.25, -0.2) is 9.59 Å². The van der Waals surface area contributed by atoms with Crippen LogP contribution in [-0.4, -0.2) is 110 Å². The van der Waals surface area contributed by atoms with E-state index in [0.29, 0.717) is 37.7 Å². The summed E-state index contributed by atoms with van der Waals surface area (Å²) in [7, 11) is 1.51. The molecule has 0 unspecified atom stereocenters. The Morgan fingerprint density at radius 3 is 2.30 bits per heavy atom. The van der Waals surface area contributed by atoms with Crippen LogP contribution in [0, 0.1) is 11.8 Å². The molecule has 14 nitrogen and oxygen atoms in total. The number of hydrogen-bond donors (Lipinski definition) is 5.